The summed E-state index contributed by atoms with van der Waals surface area (Å²) in [5.41, 5.74) is 0.122. The van der Waals surface area contributed by atoms with E-state index >= 15 is 0 Å². The number of hydrogen-bond donors (Lipinski definition) is 2. The number of H-pyrrole nitrogens is 1. The fraction of sp³-hybridized carbons (Fsp3) is 0.154. The fourth-order valence-electron chi connectivity index (χ4n) is 1.60. The number of nitrogens with one attached hydrogen (secondary N) is 2. The van der Waals surface area contributed by atoms with Crippen molar-refractivity contribution in [3.8, 4) is 5.75 Å². The van der Waals surface area contributed by atoms with Crippen LogP contribution in [0.15, 0.2) is 35.3 Å². The predicted octanol–water partition coefficient (Wildman–Crippen LogP) is 1.70. The summed E-state index contributed by atoms with van der Waals surface area (Å²) in [6, 6.07) is 6.80. The maximum absolute atomic E-state index is 12.0. The van der Waals surface area contributed by atoms with Gasteiger partial charge in [0, 0.05) is 18.9 Å². The van der Waals surface area contributed by atoms with E-state index < -0.39 is 11.5 Å². The number of carbonyl (C=O) groups excluding carboxylic acids is 1. The topological polar surface area (TPSA) is 76.1 Å². The standard InChI is InChI=1S/C13H13N3O3S/c1-16-12(18)10(7-14-13(16)20)11(17)15-8-3-5-9(19-2)6-4-8/h3-7H,1-2H3,(H,14,20)(H,15,17). The third-order valence-corrected chi connectivity index (χ3v) is 3.16. The summed E-state index contributed by atoms with van der Waals surface area (Å²) >= 11 is 4.91. The van der Waals surface area contributed by atoms with E-state index in [0.717, 1.165) is 0 Å². The third kappa shape index (κ3) is 2.77. The zero-order valence-electron chi connectivity index (χ0n) is 11.0. The smallest absolute Gasteiger partial charge is 0.266 e. The van der Waals surface area contributed by atoms with Crippen molar-refractivity contribution in [3.63, 3.8) is 0 Å². The molecule has 6 nitrogen and oxygen atoms in total. The van der Waals surface area contributed by atoms with E-state index in [4.69, 9.17) is 17.0 Å². The van der Waals surface area contributed by atoms with Crippen LogP contribution in [0.4, 0.5) is 5.69 Å². The van der Waals surface area contributed by atoms with Crippen LogP contribution >= 0.6 is 12.2 Å². The Morgan fingerprint density at radius 2 is 2.00 bits per heavy atom. The second kappa shape index (κ2) is 5.70. The molecular formula is C13H13N3O3S. The Hall–Kier alpha value is -2.41. The molecule has 0 spiro atoms. The van der Waals surface area contributed by atoms with Crippen LogP contribution < -0.4 is 15.6 Å². The lowest BCUT2D eigenvalue weighted by molar-refractivity contribution is 0.102. The van der Waals surface area contributed by atoms with Gasteiger partial charge in [0.05, 0.1) is 7.11 Å². The maximum atomic E-state index is 12.0. The molecule has 0 saturated carbocycles. The molecule has 0 atom stereocenters. The zero-order valence-corrected chi connectivity index (χ0v) is 11.8. The van der Waals surface area contributed by atoms with Crippen LogP contribution in [-0.4, -0.2) is 22.6 Å². The quantitative estimate of drug-likeness (QED) is 0.844. The summed E-state index contributed by atoms with van der Waals surface area (Å²) in [4.78, 5) is 26.7. The summed E-state index contributed by atoms with van der Waals surface area (Å²) in [6.07, 6.45) is 1.31. The molecule has 2 rings (SSSR count). The van der Waals surface area contributed by atoms with Crippen molar-refractivity contribution in [2.24, 2.45) is 7.05 Å². The van der Waals surface area contributed by atoms with Crippen molar-refractivity contribution < 1.29 is 9.53 Å². The van der Waals surface area contributed by atoms with E-state index in [1.807, 2.05) is 0 Å². The molecule has 0 aliphatic heterocycles. The van der Waals surface area contributed by atoms with Gasteiger partial charge >= 0.3 is 0 Å². The first-order valence-corrected chi connectivity index (χ1v) is 6.18. The molecule has 104 valence electrons. The van der Waals surface area contributed by atoms with Gasteiger partial charge in [-0.2, -0.15) is 0 Å². The lowest BCUT2D eigenvalue weighted by Crippen LogP contribution is -2.28. The Labute approximate surface area is 120 Å². The van der Waals surface area contributed by atoms with E-state index in [-0.39, 0.29) is 10.3 Å². The highest BCUT2D eigenvalue weighted by Gasteiger charge is 2.12. The monoisotopic (exact) mass is 291 g/mol. The Balaban J connectivity index is 2.26. The highest BCUT2D eigenvalue weighted by atomic mass is 32.1. The molecule has 1 aromatic carbocycles. The fourth-order valence-corrected chi connectivity index (χ4v) is 1.74. The number of nitrogens with zero attached hydrogens (tertiary/aromatic N) is 1. The molecule has 0 unspecified atom stereocenters. The molecule has 0 aliphatic carbocycles. The van der Waals surface area contributed by atoms with Crippen LogP contribution in [0.2, 0.25) is 0 Å². The number of ether oxygens (including phenoxy) is 1. The van der Waals surface area contributed by atoms with Crippen LogP contribution in [-0.2, 0) is 7.05 Å². The average Bonchev–Trinajstić information content (AvgIpc) is 2.45. The molecule has 0 saturated heterocycles. The SMILES string of the molecule is COc1ccc(NC(=O)c2c[nH]c(=S)n(C)c2=O)cc1. The Morgan fingerprint density at radius 3 is 2.60 bits per heavy atom. The lowest BCUT2D eigenvalue weighted by Gasteiger charge is -2.07. The molecule has 20 heavy (non-hydrogen) atoms. The van der Waals surface area contributed by atoms with E-state index in [9.17, 15) is 9.59 Å². The zero-order chi connectivity index (χ0) is 14.7. The summed E-state index contributed by atoms with van der Waals surface area (Å²) in [7, 11) is 3.06. The minimum Gasteiger partial charge on any atom is -0.497 e. The van der Waals surface area contributed by atoms with Crippen molar-refractivity contribution in [3.05, 3.63) is 51.2 Å². The number of aromatic amines is 1. The molecule has 2 aromatic rings. The predicted molar refractivity (Wildman–Crippen MR) is 77.8 cm³/mol. The molecule has 7 heteroatoms. The highest BCUT2D eigenvalue weighted by Crippen LogP contribution is 2.15. The molecule has 0 bridgehead atoms. The molecule has 0 radical (unpaired) electrons. The van der Waals surface area contributed by atoms with Crippen molar-refractivity contribution in [2.45, 2.75) is 0 Å². The van der Waals surface area contributed by atoms with Crippen LogP contribution in [0, 0.1) is 4.77 Å². The van der Waals surface area contributed by atoms with E-state index in [0.29, 0.717) is 11.4 Å². The largest absolute Gasteiger partial charge is 0.497 e. The van der Waals surface area contributed by atoms with Crippen LogP contribution in [0.25, 0.3) is 0 Å². The van der Waals surface area contributed by atoms with Crippen molar-refractivity contribution in [2.75, 3.05) is 12.4 Å². The molecule has 1 aromatic heterocycles. The molecular weight excluding hydrogens is 278 g/mol. The first-order chi connectivity index (χ1) is 9.52. The average molecular weight is 291 g/mol. The van der Waals surface area contributed by atoms with Crippen LogP contribution in [0.3, 0.4) is 0 Å². The summed E-state index contributed by atoms with van der Waals surface area (Å²) in [5, 5.41) is 2.64. The van der Waals surface area contributed by atoms with Crippen molar-refractivity contribution in [1.82, 2.24) is 9.55 Å². The Kier molecular flexibility index (Phi) is 3.99. The highest BCUT2D eigenvalue weighted by molar-refractivity contribution is 7.71. The van der Waals surface area contributed by atoms with Gasteiger partial charge in [-0.3, -0.25) is 14.2 Å². The van der Waals surface area contributed by atoms with Gasteiger partial charge in [-0.15, -0.1) is 0 Å². The van der Waals surface area contributed by atoms with Gasteiger partial charge in [-0.05, 0) is 36.5 Å². The first kappa shape index (κ1) is 14.0. The van der Waals surface area contributed by atoms with Crippen LogP contribution in [0.1, 0.15) is 10.4 Å². The third-order valence-electron chi connectivity index (χ3n) is 2.77. The van der Waals surface area contributed by atoms with Crippen LogP contribution in [0.5, 0.6) is 5.75 Å². The van der Waals surface area contributed by atoms with Gasteiger partial charge in [0.25, 0.3) is 11.5 Å². The second-order valence-electron chi connectivity index (χ2n) is 4.05. The number of anilines is 1. The molecule has 2 N–H and O–H groups in total. The summed E-state index contributed by atoms with van der Waals surface area (Å²) in [5.74, 6) is 0.185. The number of hydrogen-bond acceptors (Lipinski definition) is 4. The second-order valence-corrected chi connectivity index (χ2v) is 4.44. The number of rotatable bonds is 3. The van der Waals surface area contributed by atoms with Gasteiger partial charge in [-0.1, -0.05) is 0 Å². The van der Waals surface area contributed by atoms with Gasteiger partial charge in [0.15, 0.2) is 4.77 Å². The number of benzene rings is 1. The minimum absolute atomic E-state index is 0.00285. The lowest BCUT2D eigenvalue weighted by atomic mass is 10.2. The molecule has 1 heterocycles. The molecule has 1 amide bonds. The molecule has 0 aliphatic rings. The number of amides is 1. The van der Waals surface area contributed by atoms with E-state index in [2.05, 4.69) is 10.3 Å². The number of carbonyl (C=O) groups is 1. The summed E-state index contributed by atoms with van der Waals surface area (Å²) < 4.78 is 6.49. The minimum atomic E-state index is -0.498. The normalized spacial score (nSPS) is 10.1. The number of aromatic nitrogens is 2. The number of methoxy groups -OCH3 is 1. The van der Waals surface area contributed by atoms with Gasteiger partial charge in [-0.25, -0.2) is 0 Å². The first-order valence-electron chi connectivity index (χ1n) is 5.77. The Bertz CT molecular complexity index is 747. The Morgan fingerprint density at radius 1 is 1.35 bits per heavy atom. The van der Waals surface area contributed by atoms with Gasteiger partial charge in [0.2, 0.25) is 0 Å². The summed E-state index contributed by atoms with van der Waals surface area (Å²) in [6.45, 7) is 0. The van der Waals surface area contributed by atoms with E-state index in [1.54, 1.807) is 31.4 Å². The van der Waals surface area contributed by atoms with Gasteiger partial charge in [0.1, 0.15) is 11.3 Å². The van der Waals surface area contributed by atoms with E-state index in [1.165, 1.54) is 17.8 Å². The van der Waals surface area contributed by atoms with Crippen molar-refractivity contribution in [1.29, 1.82) is 0 Å². The molecule has 0 fully saturated rings. The maximum Gasteiger partial charge on any atom is 0.266 e. The van der Waals surface area contributed by atoms with Gasteiger partial charge < -0.3 is 15.0 Å². The van der Waals surface area contributed by atoms with Crippen molar-refractivity contribution >= 4 is 23.8 Å².